The largest absolute Gasteiger partial charge is 0.345 e. The van der Waals surface area contributed by atoms with Crippen LogP contribution in [0.2, 0.25) is 0 Å². The Hall–Kier alpha value is -2.17. The maximum atomic E-state index is 11.1. The molecule has 1 amide bonds. The van der Waals surface area contributed by atoms with Crippen molar-refractivity contribution in [2.75, 3.05) is 0 Å². The predicted molar refractivity (Wildman–Crippen MR) is 63.2 cm³/mol. The van der Waals surface area contributed by atoms with Crippen LogP contribution in [0.1, 0.15) is 12.5 Å². The van der Waals surface area contributed by atoms with Crippen LogP contribution in [0.3, 0.4) is 0 Å². The molecule has 1 aromatic carbocycles. The first kappa shape index (κ1) is 11.3. The van der Waals surface area contributed by atoms with E-state index in [9.17, 15) is 9.59 Å². The Labute approximate surface area is 98.4 Å². The van der Waals surface area contributed by atoms with Crippen LogP contribution in [-0.4, -0.2) is 21.2 Å². The molecule has 0 aliphatic heterocycles. The molecule has 5 heteroatoms. The lowest BCUT2D eigenvalue weighted by Gasteiger charge is -2.03. The molecule has 0 fully saturated rings. The molecule has 0 atom stereocenters. The Balaban J connectivity index is 2.14. The van der Waals surface area contributed by atoms with E-state index in [-0.39, 0.29) is 0 Å². The number of carbonyl (C=O) groups excluding carboxylic acids is 2. The topological polar surface area (TPSA) is 64.0 Å². The number of amides is 1. The zero-order valence-electron chi connectivity index (χ0n) is 9.73. The van der Waals surface area contributed by atoms with Crippen molar-refractivity contribution in [3.05, 3.63) is 30.1 Å². The van der Waals surface area contributed by atoms with Crippen molar-refractivity contribution in [3.63, 3.8) is 0 Å². The van der Waals surface area contributed by atoms with E-state index >= 15 is 0 Å². The maximum absolute atomic E-state index is 11.1. The average Bonchev–Trinajstić information content (AvgIpc) is 2.67. The molecule has 0 aliphatic rings. The summed E-state index contributed by atoms with van der Waals surface area (Å²) in [4.78, 5) is 26.1. The SMILES string of the molecule is CC(=O)C(=O)NCc1ccc2c(c1)ncn2C. The number of Topliss-reactive ketones (excluding diaryl/α,β-unsaturated/α-hetero) is 1. The van der Waals surface area contributed by atoms with E-state index in [4.69, 9.17) is 0 Å². The van der Waals surface area contributed by atoms with Gasteiger partial charge in [-0.15, -0.1) is 0 Å². The lowest BCUT2D eigenvalue weighted by molar-refractivity contribution is -0.136. The zero-order valence-corrected chi connectivity index (χ0v) is 9.73. The summed E-state index contributed by atoms with van der Waals surface area (Å²) >= 11 is 0. The van der Waals surface area contributed by atoms with Crippen molar-refractivity contribution >= 4 is 22.7 Å². The number of ketones is 1. The van der Waals surface area contributed by atoms with Gasteiger partial charge in [0.25, 0.3) is 5.91 Å². The van der Waals surface area contributed by atoms with E-state index in [0.717, 1.165) is 16.6 Å². The van der Waals surface area contributed by atoms with Crippen LogP contribution in [0.5, 0.6) is 0 Å². The van der Waals surface area contributed by atoms with Crippen molar-refractivity contribution in [1.29, 1.82) is 0 Å². The molecule has 1 N–H and O–H groups in total. The highest BCUT2D eigenvalue weighted by atomic mass is 16.2. The van der Waals surface area contributed by atoms with Gasteiger partial charge in [0.15, 0.2) is 0 Å². The highest BCUT2D eigenvalue weighted by Crippen LogP contribution is 2.13. The molecule has 2 rings (SSSR count). The highest BCUT2D eigenvalue weighted by molar-refractivity contribution is 6.35. The first-order chi connectivity index (χ1) is 8.08. The van der Waals surface area contributed by atoms with Gasteiger partial charge in [0.1, 0.15) is 0 Å². The van der Waals surface area contributed by atoms with E-state index in [2.05, 4.69) is 10.3 Å². The number of aromatic nitrogens is 2. The van der Waals surface area contributed by atoms with Crippen LogP contribution in [0.25, 0.3) is 11.0 Å². The summed E-state index contributed by atoms with van der Waals surface area (Å²) in [6, 6.07) is 5.75. The lowest BCUT2D eigenvalue weighted by Crippen LogP contribution is -2.28. The Morgan fingerprint density at radius 2 is 2.18 bits per heavy atom. The van der Waals surface area contributed by atoms with Crippen molar-refractivity contribution in [3.8, 4) is 0 Å². The number of hydrogen-bond donors (Lipinski definition) is 1. The Bertz CT molecular complexity index is 586. The third kappa shape index (κ3) is 2.33. The van der Waals surface area contributed by atoms with Crippen molar-refractivity contribution < 1.29 is 9.59 Å². The number of fused-ring (bicyclic) bond motifs is 1. The molecule has 0 saturated carbocycles. The lowest BCUT2D eigenvalue weighted by atomic mass is 10.2. The summed E-state index contributed by atoms with van der Waals surface area (Å²) in [6.07, 6.45) is 1.74. The molecule has 5 nitrogen and oxygen atoms in total. The number of hydrogen-bond acceptors (Lipinski definition) is 3. The summed E-state index contributed by atoms with van der Waals surface area (Å²) in [6.45, 7) is 1.59. The number of nitrogens with zero attached hydrogens (tertiary/aromatic N) is 2. The van der Waals surface area contributed by atoms with E-state index in [0.29, 0.717) is 6.54 Å². The fourth-order valence-electron chi connectivity index (χ4n) is 1.60. The monoisotopic (exact) mass is 231 g/mol. The molecule has 0 spiro atoms. The third-order valence-electron chi connectivity index (χ3n) is 2.56. The molecule has 88 valence electrons. The predicted octanol–water partition coefficient (Wildman–Crippen LogP) is 0.778. The minimum Gasteiger partial charge on any atom is -0.345 e. The van der Waals surface area contributed by atoms with Crippen LogP contribution < -0.4 is 5.32 Å². The number of nitrogens with one attached hydrogen (secondary N) is 1. The van der Waals surface area contributed by atoms with Gasteiger partial charge >= 0.3 is 0 Å². The summed E-state index contributed by atoms with van der Waals surface area (Å²) in [7, 11) is 1.92. The minimum absolute atomic E-state index is 0.338. The fourth-order valence-corrected chi connectivity index (χ4v) is 1.60. The molecule has 0 bridgehead atoms. The van der Waals surface area contributed by atoms with Gasteiger partial charge in [0, 0.05) is 20.5 Å². The zero-order chi connectivity index (χ0) is 12.4. The van der Waals surface area contributed by atoms with Crippen LogP contribution >= 0.6 is 0 Å². The van der Waals surface area contributed by atoms with Gasteiger partial charge in [-0.2, -0.15) is 0 Å². The molecule has 0 aliphatic carbocycles. The molecule has 1 heterocycles. The minimum atomic E-state index is -0.564. The van der Waals surface area contributed by atoms with E-state index in [1.165, 1.54) is 6.92 Å². The normalized spacial score (nSPS) is 10.5. The number of aryl methyl sites for hydroxylation is 1. The van der Waals surface area contributed by atoms with Crippen LogP contribution in [0, 0.1) is 0 Å². The molecular weight excluding hydrogens is 218 g/mol. The van der Waals surface area contributed by atoms with Crippen molar-refractivity contribution in [2.45, 2.75) is 13.5 Å². The maximum Gasteiger partial charge on any atom is 0.287 e. The van der Waals surface area contributed by atoms with Crippen LogP contribution in [-0.2, 0) is 23.2 Å². The summed E-state index contributed by atoms with van der Waals surface area (Å²) in [5, 5.41) is 2.55. The molecule has 0 unspecified atom stereocenters. The summed E-state index contributed by atoms with van der Waals surface area (Å²) < 4.78 is 1.92. The first-order valence-electron chi connectivity index (χ1n) is 5.26. The number of imidazole rings is 1. The van der Waals surface area contributed by atoms with E-state index in [1.54, 1.807) is 6.33 Å². The highest BCUT2D eigenvalue weighted by Gasteiger charge is 2.07. The molecular formula is C12H13N3O2. The standard InChI is InChI=1S/C12H13N3O2/c1-8(16)12(17)13-6-9-3-4-11-10(5-9)14-7-15(11)2/h3-5,7H,6H2,1-2H3,(H,13,17). The van der Waals surface area contributed by atoms with Gasteiger partial charge in [0.05, 0.1) is 17.4 Å². The van der Waals surface area contributed by atoms with Crippen molar-refractivity contribution in [2.24, 2.45) is 7.05 Å². The second-order valence-corrected chi connectivity index (χ2v) is 3.92. The first-order valence-corrected chi connectivity index (χ1v) is 5.26. The number of rotatable bonds is 3. The van der Waals surface area contributed by atoms with E-state index < -0.39 is 11.7 Å². The molecule has 2 aromatic rings. The molecule has 17 heavy (non-hydrogen) atoms. The quantitative estimate of drug-likeness (QED) is 0.794. The van der Waals surface area contributed by atoms with Gasteiger partial charge in [-0.25, -0.2) is 4.98 Å². The Morgan fingerprint density at radius 1 is 1.41 bits per heavy atom. The van der Waals surface area contributed by atoms with Crippen LogP contribution in [0.15, 0.2) is 24.5 Å². The molecule has 0 saturated heterocycles. The van der Waals surface area contributed by atoms with Gasteiger partial charge in [0.2, 0.25) is 5.78 Å². The van der Waals surface area contributed by atoms with Crippen molar-refractivity contribution in [1.82, 2.24) is 14.9 Å². The fraction of sp³-hybridized carbons (Fsp3) is 0.250. The smallest absolute Gasteiger partial charge is 0.287 e. The Kier molecular flexibility index (Phi) is 2.91. The van der Waals surface area contributed by atoms with Crippen LogP contribution in [0.4, 0.5) is 0 Å². The summed E-state index contributed by atoms with van der Waals surface area (Å²) in [5.41, 5.74) is 2.83. The van der Waals surface area contributed by atoms with Gasteiger partial charge in [-0.3, -0.25) is 9.59 Å². The van der Waals surface area contributed by atoms with Gasteiger partial charge in [-0.05, 0) is 17.7 Å². The van der Waals surface area contributed by atoms with Gasteiger partial charge < -0.3 is 9.88 Å². The average molecular weight is 231 g/mol. The molecule has 0 radical (unpaired) electrons. The number of benzene rings is 1. The second kappa shape index (κ2) is 4.37. The third-order valence-corrected chi connectivity index (χ3v) is 2.56. The molecule has 1 aromatic heterocycles. The van der Waals surface area contributed by atoms with Gasteiger partial charge in [-0.1, -0.05) is 6.07 Å². The summed E-state index contributed by atoms with van der Waals surface area (Å²) in [5.74, 6) is -1.05. The van der Waals surface area contributed by atoms with E-state index in [1.807, 2.05) is 29.8 Å². The number of carbonyl (C=O) groups is 2. The Morgan fingerprint density at radius 3 is 2.88 bits per heavy atom. The second-order valence-electron chi connectivity index (χ2n) is 3.92.